The molecule has 0 radical (unpaired) electrons. The van der Waals surface area contributed by atoms with Crippen molar-refractivity contribution in [2.75, 3.05) is 19.0 Å². The van der Waals surface area contributed by atoms with E-state index in [0.29, 0.717) is 5.41 Å². The first-order valence-electron chi connectivity index (χ1n) is 7.31. The average molecular weight is 305 g/mol. The first-order valence-corrected chi connectivity index (χ1v) is 8.43. The van der Waals surface area contributed by atoms with Crippen LogP contribution in [0.15, 0.2) is 0 Å². The third-order valence-corrected chi connectivity index (χ3v) is 5.66. The van der Waals surface area contributed by atoms with Gasteiger partial charge in [0.2, 0.25) is 0 Å². The van der Waals surface area contributed by atoms with Crippen LogP contribution in [0.2, 0.25) is 0 Å². The highest BCUT2D eigenvalue weighted by molar-refractivity contribution is 9.09. The molecule has 0 saturated heterocycles. The zero-order valence-electron chi connectivity index (χ0n) is 11.6. The smallest absolute Gasteiger partial charge is 0.0462 e. The van der Waals surface area contributed by atoms with Gasteiger partial charge < -0.3 is 4.74 Å². The van der Waals surface area contributed by atoms with Crippen LogP contribution in [-0.2, 0) is 4.74 Å². The molecule has 2 heteroatoms. The Labute approximate surface area is 116 Å². The van der Waals surface area contributed by atoms with Crippen LogP contribution in [0.1, 0.15) is 64.7 Å². The first-order chi connectivity index (χ1) is 8.26. The molecule has 1 aliphatic rings. The summed E-state index contributed by atoms with van der Waals surface area (Å²) in [5.41, 5.74) is 0.585. The maximum atomic E-state index is 5.18. The summed E-state index contributed by atoms with van der Waals surface area (Å²) >= 11 is 3.75. The van der Waals surface area contributed by atoms with Crippen LogP contribution >= 0.6 is 15.9 Å². The topological polar surface area (TPSA) is 9.23 Å². The number of methoxy groups -OCH3 is 1. The van der Waals surface area contributed by atoms with Crippen molar-refractivity contribution in [3.63, 3.8) is 0 Å². The lowest BCUT2D eigenvalue weighted by molar-refractivity contribution is 0.128. The first kappa shape index (κ1) is 15.5. The summed E-state index contributed by atoms with van der Waals surface area (Å²) in [5.74, 6) is 1.02. The van der Waals surface area contributed by atoms with Gasteiger partial charge >= 0.3 is 0 Å². The predicted octanol–water partition coefficient (Wildman–Crippen LogP) is 5.17. The molecule has 0 aromatic heterocycles. The van der Waals surface area contributed by atoms with Crippen molar-refractivity contribution in [3.05, 3.63) is 0 Å². The van der Waals surface area contributed by atoms with Gasteiger partial charge in [-0.3, -0.25) is 0 Å². The van der Waals surface area contributed by atoms with Crippen molar-refractivity contribution in [1.82, 2.24) is 0 Å². The third kappa shape index (κ3) is 5.30. The van der Waals surface area contributed by atoms with Crippen LogP contribution in [0, 0.1) is 11.3 Å². The molecule has 1 nitrogen and oxygen atoms in total. The Hall–Kier alpha value is 0.440. The fourth-order valence-corrected chi connectivity index (χ4v) is 3.95. The Morgan fingerprint density at radius 2 is 1.94 bits per heavy atom. The van der Waals surface area contributed by atoms with Gasteiger partial charge in [-0.05, 0) is 49.9 Å². The van der Waals surface area contributed by atoms with Gasteiger partial charge in [0.15, 0.2) is 0 Å². The van der Waals surface area contributed by atoms with E-state index in [4.69, 9.17) is 4.74 Å². The van der Waals surface area contributed by atoms with E-state index in [0.717, 1.165) is 12.5 Å². The number of hydrogen-bond donors (Lipinski definition) is 0. The van der Waals surface area contributed by atoms with Crippen LogP contribution in [0.3, 0.4) is 0 Å². The molecule has 0 N–H and O–H groups in total. The molecule has 0 atom stereocenters. The second-order valence-corrected chi connectivity index (χ2v) is 6.38. The molecular formula is C15H29BrO. The molecule has 0 aromatic rings. The molecule has 1 aliphatic carbocycles. The lowest BCUT2D eigenvalue weighted by Crippen LogP contribution is -2.29. The Bertz CT molecular complexity index is 185. The van der Waals surface area contributed by atoms with Crippen molar-refractivity contribution in [2.24, 2.45) is 11.3 Å². The predicted molar refractivity (Wildman–Crippen MR) is 78.8 cm³/mol. The van der Waals surface area contributed by atoms with Crippen LogP contribution in [0.4, 0.5) is 0 Å². The van der Waals surface area contributed by atoms with Gasteiger partial charge in [-0.2, -0.15) is 0 Å². The number of halogens is 1. The highest BCUT2D eigenvalue weighted by atomic mass is 79.9. The quantitative estimate of drug-likeness (QED) is 0.444. The molecule has 1 saturated carbocycles. The Morgan fingerprint density at radius 3 is 2.47 bits per heavy atom. The summed E-state index contributed by atoms with van der Waals surface area (Å²) in [4.78, 5) is 0. The lowest BCUT2D eigenvalue weighted by atomic mass is 9.68. The number of rotatable bonds is 8. The number of alkyl halides is 1. The van der Waals surface area contributed by atoms with Gasteiger partial charge in [-0.25, -0.2) is 0 Å². The van der Waals surface area contributed by atoms with E-state index in [9.17, 15) is 0 Å². The molecule has 17 heavy (non-hydrogen) atoms. The van der Waals surface area contributed by atoms with Crippen molar-refractivity contribution < 1.29 is 4.74 Å². The summed E-state index contributed by atoms with van der Waals surface area (Å²) in [6, 6.07) is 0. The summed E-state index contributed by atoms with van der Waals surface area (Å²) < 4.78 is 5.18. The molecule has 0 spiro atoms. The van der Waals surface area contributed by atoms with E-state index in [-0.39, 0.29) is 0 Å². The Morgan fingerprint density at radius 1 is 1.24 bits per heavy atom. The van der Waals surface area contributed by atoms with Gasteiger partial charge in [-0.1, -0.05) is 42.1 Å². The second kappa shape index (κ2) is 8.53. The van der Waals surface area contributed by atoms with Gasteiger partial charge in [0.1, 0.15) is 0 Å². The molecular weight excluding hydrogens is 276 g/mol. The highest BCUT2D eigenvalue weighted by Gasteiger charge is 2.33. The zero-order chi connectivity index (χ0) is 12.6. The standard InChI is InChI=1S/C15H29BrO/c1-3-4-6-14-7-10-15(13-16,11-8-14)9-5-12-17-2/h14H,3-13H2,1-2H3. The van der Waals surface area contributed by atoms with Gasteiger partial charge in [-0.15, -0.1) is 0 Å². The minimum Gasteiger partial charge on any atom is -0.385 e. The minimum atomic E-state index is 0.585. The fourth-order valence-electron chi connectivity index (χ4n) is 3.11. The highest BCUT2D eigenvalue weighted by Crippen LogP contribution is 2.44. The van der Waals surface area contributed by atoms with Gasteiger partial charge in [0.05, 0.1) is 0 Å². The van der Waals surface area contributed by atoms with Crippen molar-refractivity contribution in [1.29, 1.82) is 0 Å². The summed E-state index contributed by atoms with van der Waals surface area (Å²) in [6.07, 6.45) is 12.6. The SMILES string of the molecule is CCCCC1CCC(CBr)(CCCOC)CC1. The summed E-state index contributed by atoms with van der Waals surface area (Å²) in [7, 11) is 1.81. The lowest BCUT2D eigenvalue weighted by Gasteiger charge is -2.39. The van der Waals surface area contributed by atoms with Gasteiger partial charge in [0.25, 0.3) is 0 Å². The zero-order valence-corrected chi connectivity index (χ0v) is 13.2. The minimum absolute atomic E-state index is 0.585. The summed E-state index contributed by atoms with van der Waals surface area (Å²) in [5, 5.41) is 1.18. The van der Waals surface area contributed by atoms with Gasteiger partial charge in [0, 0.05) is 19.0 Å². The fraction of sp³-hybridized carbons (Fsp3) is 1.00. The molecule has 0 bridgehead atoms. The van der Waals surface area contributed by atoms with E-state index in [1.165, 1.54) is 63.1 Å². The van der Waals surface area contributed by atoms with Crippen LogP contribution in [-0.4, -0.2) is 19.0 Å². The molecule has 0 amide bonds. The van der Waals surface area contributed by atoms with Crippen molar-refractivity contribution in [3.8, 4) is 0 Å². The van der Waals surface area contributed by atoms with E-state index in [2.05, 4.69) is 22.9 Å². The van der Waals surface area contributed by atoms with E-state index >= 15 is 0 Å². The Kier molecular flexibility index (Phi) is 7.77. The maximum Gasteiger partial charge on any atom is 0.0462 e. The average Bonchev–Trinajstić information content (AvgIpc) is 2.38. The van der Waals surface area contributed by atoms with Crippen LogP contribution < -0.4 is 0 Å². The number of hydrogen-bond acceptors (Lipinski definition) is 1. The molecule has 1 fully saturated rings. The van der Waals surface area contributed by atoms with Crippen LogP contribution in [0.25, 0.3) is 0 Å². The molecule has 0 aliphatic heterocycles. The number of unbranched alkanes of at least 4 members (excludes halogenated alkanes) is 1. The largest absolute Gasteiger partial charge is 0.385 e. The normalized spacial score (nSPS) is 29.5. The van der Waals surface area contributed by atoms with E-state index in [1.807, 2.05) is 7.11 Å². The Balaban J connectivity index is 2.29. The van der Waals surface area contributed by atoms with Crippen LogP contribution in [0.5, 0.6) is 0 Å². The molecule has 0 aromatic carbocycles. The molecule has 102 valence electrons. The van der Waals surface area contributed by atoms with E-state index in [1.54, 1.807) is 0 Å². The van der Waals surface area contributed by atoms with Crippen molar-refractivity contribution >= 4 is 15.9 Å². The second-order valence-electron chi connectivity index (χ2n) is 5.82. The maximum absolute atomic E-state index is 5.18. The monoisotopic (exact) mass is 304 g/mol. The van der Waals surface area contributed by atoms with Crippen molar-refractivity contribution in [2.45, 2.75) is 64.7 Å². The summed E-state index contributed by atoms with van der Waals surface area (Å²) in [6.45, 7) is 3.23. The molecule has 1 rings (SSSR count). The molecule has 0 unspecified atom stereocenters. The molecule has 0 heterocycles. The third-order valence-electron chi connectivity index (χ3n) is 4.47. The number of ether oxygens (including phenoxy) is 1. The van der Waals surface area contributed by atoms with E-state index < -0.39 is 0 Å².